The number of halogens is 2. The predicted molar refractivity (Wildman–Crippen MR) is 148 cm³/mol. The highest BCUT2D eigenvalue weighted by Gasteiger charge is 2.39. The largest absolute Gasteiger partial charge is 0.479 e. The summed E-state index contributed by atoms with van der Waals surface area (Å²) in [5, 5.41) is 14.3. The van der Waals surface area contributed by atoms with Crippen molar-refractivity contribution in [2.75, 3.05) is 50.5 Å². The van der Waals surface area contributed by atoms with Crippen LogP contribution in [0.3, 0.4) is 0 Å². The molecule has 1 atom stereocenters. The molecule has 4 heterocycles. The molecule has 2 saturated heterocycles. The zero-order chi connectivity index (χ0) is 28.4. The molecule has 2 aliphatic rings. The normalized spacial score (nSPS) is 18.8. The summed E-state index contributed by atoms with van der Waals surface area (Å²) in [6.07, 6.45) is 2.14. The van der Waals surface area contributed by atoms with E-state index in [4.69, 9.17) is 10.3 Å². The Labute approximate surface area is 231 Å². The first-order valence-electron chi connectivity index (χ1n) is 13.5. The van der Waals surface area contributed by atoms with Crippen molar-refractivity contribution < 1.29 is 18.3 Å². The van der Waals surface area contributed by atoms with Crippen molar-refractivity contribution in [3.8, 4) is 17.0 Å². The molecule has 1 aromatic carbocycles. The average Bonchev–Trinajstić information content (AvgIpc) is 3.62. The highest BCUT2D eigenvalue weighted by atomic mass is 19.3. The van der Waals surface area contributed by atoms with Gasteiger partial charge in [0.1, 0.15) is 11.2 Å². The number of aromatic nitrogens is 3. The minimum atomic E-state index is -2.54. The molecule has 2 aliphatic heterocycles. The summed E-state index contributed by atoms with van der Waals surface area (Å²) in [5.41, 5.74) is 9.82. The molecule has 2 aromatic heterocycles. The fraction of sp³-hybridized carbons (Fsp3) is 0.519. The number of nitrogens with one attached hydrogen (secondary N) is 3. The van der Waals surface area contributed by atoms with Gasteiger partial charge >= 0.3 is 6.03 Å². The molecule has 0 unspecified atom stereocenters. The van der Waals surface area contributed by atoms with Gasteiger partial charge in [-0.3, -0.25) is 0 Å². The van der Waals surface area contributed by atoms with Crippen molar-refractivity contribution in [2.45, 2.75) is 45.6 Å². The zero-order valence-corrected chi connectivity index (χ0v) is 23.0. The summed E-state index contributed by atoms with van der Waals surface area (Å²) < 4.78 is 32.9. The lowest BCUT2D eigenvalue weighted by Crippen LogP contribution is -2.55. The molecular formula is C27H35F2N9O2. The molecule has 0 spiro atoms. The van der Waals surface area contributed by atoms with Gasteiger partial charge in [0.2, 0.25) is 11.8 Å². The van der Waals surface area contributed by atoms with Gasteiger partial charge in [-0.05, 0) is 43.0 Å². The summed E-state index contributed by atoms with van der Waals surface area (Å²) in [5.74, 6) is 0.764. The molecule has 2 amide bonds. The number of amides is 2. The van der Waals surface area contributed by atoms with Crippen LogP contribution in [0.1, 0.15) is 33.1 Å². The zero-order valence-electron chi connectivity index (χ0n) is 23.0. The van der Waals surface area contributed by atoms with E-state index in [1.807, 2.05) is 15.9 Å². The number of fused-ring (bicyclic) bond motifs is 1. The number of anilines is 2. The first kappa shape index (κ1) is 27.5. The van der Waals surface area contributed by atoms with E-state index < -0.39 is 13.0 Å². The molecule has 3 N–H and O–H groups in total. The molecule has 2 fully saturated rings. The number of ether oxygens (including phenoxy) is 1. The van der Waals surface area contributed by atoms with Crippen molar-refractivity contribution in [3.63, 3.8) is 0 Å². The number of piperidine rings is 1. The summed E-state index contributed by atoms with van der Waals surface area (Å²) in [6, 6.07) is 7.06. The van der Waals surface area contributed by atoms with Crippen molar-refractivity contribution in [1.29, 1.82) is 5.53 Å². The van der Waals surface area contributed by atoms with Crippen molar-refractivity contribution >= 4 is 28.9 Å². The van der Waals surface area contributed by atoms with Crippen molar-refractivity contribution in [2.24, 2.45) is 10.5 Å². The van der Waals surface area contributed by atoms with Crippen LogP contribution in [0.2, 0.25) is 0 Å². The Morgan fingerprint density at radius 2 is 2.00 bits per heavy atom. The molecular weight excluding hydrogens is 520 g/mol. The summed E-state index contributed by atoms with van der Waals surface area (Å²) >= 11 is 0. The van der Waals surface area contributed by atoms with Gasteiger partial charge in [0.25, 0.3) is 6.43 Å². The van der Waals surface area contributed by atoms with Crippen LogP contribution in [0.4, 0.5) is 30.9 Å². The van der Waals surface area contributed by atoms with Crippen LogP contribution >= 0.6 is 0 Å². The van der Waals surface area contributed by atoms with E-state index in [9.17, 15) is 13.6 Å². The first-order valence-corrected chi connectivity index (χ1v) is 13.5. The van der Waals surface area contributed by atoms with Gasteiger partial charge in [-0.2, -0.15) is 10.1 Å². The van der Waals surface area contributed by atoms with Gasteiger partial charge in [-0.15, -0.1) is 5.10 Å². The van der Waals surface area contributed by atoms with E-state index in [1.165, 1.54) is 7.11 Å². The predicted octanol–water partition coefficient (Wildman–Crippen LogP) is 5.47. The number of nitrogens with zero attached hydrogens (tertiary/aromatic N) is 6. The lowest BCUT2D eigenvalue weighted by molar-refractivity contribution is 0.0986. The molecule has 0 saturated carbocycles. The molecule has 40 heavy (non-hydrogen) atoms. The standard InChI is InChI=1S/C27H35F2N9O2/c1-27(2)16-37(26(39)36-10-4-5-11-36)12-9-21(27)32-25-33-24(40-3)23-18(8-13-38(23)35-25)17-6-7-19(34-30)20(14-17)31-15-22(28)29/h6-8,13-14,21-22,30-31H,4-5,9-12,15-16H2,1-3H3,(H,32,35)/t21-/m0/s1. The lowest BCUT2D eigenvalue weighted by atomic mass is 9.79. The number of hydrogen-bond donors (Lipinski definition) is 3. The molecule has 214 valence electrons. The SMILES string of the molecule is COc1nc(N[C@H]2CCN(C(=O)N3CCCC3)CC2(C)C)nn2ccc(-c3ccc(N=N)c(NCC(F)F)c3)c12. The summed E-state index contributed by atoms with van der Waals surface area (Å²) in [7, 11) is 1.53. The number of methoxy groups -OCH3 is 1. The Balaban J connectivity index is 1.38. The smallest absolute Gasteiger partial charge is 0.320 e. The Morgan fingerprint density at radius 3 is 2.67 bits per heavy atom. The first-order chi connectivity index (χ1) is 19.2. The highest BCUT2D eigenvalue weighted by Crippen LogP contribution is 2.37. The van der Waals surface area contributed by atoms with E-state index in [-0.39, 0.29) is 23.2 Å². The number of likely N-dealkylation sites (tertiary alicyclic amines) is 2. The Kier molecular flexibility index (Phi) is 7.72. The van der Waals surface area contributed by atoms with Crippen LogP contribution in [0.25, 0.3) is 16.6 Å². The maximum Gasteiger partial charge on any atom is 0.320 e. The maximum atomic E-state index is 13.0. The second-order valence-corrected chi connectivity index (χ2v) is 11.0. The van der Waals surface area contributed by atoms with Crippen molar-refractivity contribution in [1.82, 2.24) is 24.4 Å². The number of rotatable bonds is 8. The number of benzene rings is 1. The van der Waals surface area contributed by atoms with E-state index in [0.29, 0.717) is 41.7 Å². The summed E-state index contributed by atoms with van der Waals surface area (Å²) in [4.78, 5) is 21.5. The van der Waals surface area contributed by atoms with Crippen molar-refractivity contribution in [3.05, 3.63) is 30.5 Å². The van der Waals surface area contributed by atoms with Crippen LogP contribution in [0, 0.1) is 10.9 Å². The van der Waals surface area contributed by atoms with Crippen LogP contribution in [-0.4, -0.2) is 82.7 Å². The Morgan fingerprint density at radius 1 is 1.23 bits per heavy atom. The van der Waals surface area contributed by atoms with Gasteiger partial charge in [-0.1, -0.05) is 19.9 Å². The Hall–Kier alpha value is -4.03. The third-order valence-electron chi connectivity index (χ3n) is 7.73. The maximum absolute atomic E-state index is 13.0. The van der Waals surface area contributed by atoms with E-state index >= 15 is 0 Å². The monoisotopic (exact) mass is 555 g/mol. The molecule has 0 aliphatic carbocycles. The van der Waals surface area contributed by atoms with E-state index in [2.05, 4.69) is 39.7 Å². The topological polar surface area (TPSA) is 123 Å². The highest BCUT2D eigenvalue weighted by molar-refractivity contribution is 5.87. The molecule has 3 aromatic rings. The van der Waals surface area contributed by atoms with Gasteiger partial charge in [0.05, 0.1) is 19.3 Å². The molecule has 11 nitrogen and oxygen atoms in total. The fourth-order valence-corrected chi connectivity index (χ4v) is 5.61. The number of urea groups is 1. The quantitative estimate of drug-likeness (QED) is 0.317. The molecule has 0 bridgehead atoms. The fourth-order valence-electron chi connectivity index (χ4n) is 5.61. The average molecular weight is 556 g/mol. The third kappa shape index (κ3) is 5.50. The minimum absolute atomic E-state index is 0.0388. The van der Waals surface area contributed by atoms with Gasteiger partial charge < -0.3 is 25.2 Å². The lowest BCUT2D eigenvalue weighted by Gasteiger charge is -2.45. The third-order valence-corrected chi connectivity index (χ3v) is 7.73. The van der Waals surface area contributed by atoms with Crippen LogP contribution in [0.15, 0.2) is 35.6 Å². The van der Waals surface area contributed by atoms with Crippen LogP contribution in [0.5, 0.6) is 5.88 Å². The van der Waals surface area contributed by atoms with E-state index in [1.54, 1.807) is 28.9 Å². The molecule has 0 radical (unpaired) electrons. The minimum Gasteiger partial charge on any atom is -0.479 e. The number of carbonyl (C=O) groups excluding carboxylic acids is 1. The summed E-state index contributed by atoms with van der Waals surface area (Å²) in [6.45, 7) is 6.70. The second-order valence-electron chi connectivity index (χ2n) is 11.0. The van der Waals surface area contributed by atoms with Crippen LogP contribution in [-0.2, 0) is 0 Å². The number of carbonyl (C=O) groups is 1. The van der Waals surface area contributed by atoms with Gasteiger partial charge in [0.15, 0.2) is 0 Å². The Bertz CT molecular complexity index is 1390. The number of hydrogen-bond acceptors (Lipinski definition) is 8. The van der Waals surface area contributed by atoms with Gasteiger partial charge in [-0.25, -0.2) is 23.6 Å². The van der Waals surface area contributed by atoms with Crippen LogP contribution < -0.4 is 15.4 Å². The van der Waals surface area contributed by atoms with Gasteiger partial charge in [0, 0.05) is 49.4 Å². The molecule has 5 rings (SSSR count). The number of alkyl halides is 2. The molecule has 13 heteroatoms. The van der Waals surface area contributed by atoms with E-state index in [0.717, 1.165) is 37.9 Å². The second kappa shape index (κ2) is 11.2.